The summed E-state index contributed by atoms with van der Waals surface area (Å²) in [6.07, 6.45) is 4.69. The first-order valence-corrected chi connectivity index (χ1v) is 6.92. The first kappa shape index (κ1) is 13.8. The van der Waals surface area contributed by atoms with Crippen LogP contribution in [0.25, 0.3) is 11.4 Å². The lowest BCUT2D eigenvalue weighted by atomic mass is 10.1. The van der Waals surface area contributed by atoms with Crippen LogP contribution in [0, 0.1) is 0 Å². The van der Waals surface area contributed by atoms with E-state index in [9.17, 15) is 0 Å². The molecule has 6 heteroatoms. The summed E-state index contributed by atoms with van der Waals surface area (Å²) in [5.41, 5.74) is 7.29. The average Bonchev–Trinajstić information content (AvgIpc) is 2.86. The Kier molecular flexibility index (Phi) is 4.74. The van der Waals surface area contributed by atoms with Crippen molar-refractivity contribution >= 4 is 17.3 Å². The van der Waals surface area contributed by atoms with Gasteiger partial charge in [-0.1, -0.05) is 43.9 Å². The highest BCUT2D eigenvalue weighted by atomic mass is 35.5. The van der Waals surface area contributed by atoms with Crippen molar-refractivity contribution in [2.75, 3.05) is 5.73 Å². The first-order valence-electron chi connectivity index (χ1n) is 6.54. The van der Waals surface area contributed by atoms with Gasteiger partial charge in [0.25, 0.3) is 0 Å². The quantitative estimate of drug-likeness (QED) is 0.651. The molecule has 0 aliphatic rings. The maximum Gasteiger partial charge on any atom is 0.184 e. The fourth-order valence-electron chi connectivity index (χ4n) is 1.97. The van der Waals surface area contributed by atoms with Crippen molar-refractivity contribution < 1.29 is 0 Å². The Morgan fingerprint density at radius 3 is 2.89 bits per heavy atom. The van der Waals surface area contributed by atoms with Crippen LogP contribution in [0.3, 0.4) is 0 Å². The van der Waals surface area contributed by atoms with Gasteiger partial charge in [-0.2, -0.15) is 0 Å². The zero-order valence-corrected chi connectivity index (χ0v) is 11.8. The third-order valence-electron chi connectivity index (χ3n) is 3.05. The van der Waals surface area contributed by atoms with Crippen molar-refractivity contribution in [1.29, 1.82) is 0 Å². The van der Waals surface area contributed by atoms with Gasteiger partial charge in [-0.3, -0.25) is 0 Å². The van der Waals surface area contributed by atoms with Gasteiger partial charge in [0.05, 0.1) is 10.7 Å². The summed E-state index contributed by atoms with van der Waals surface area (Å²) < 4.78 is 1.79. The minimum Gasteiger partial charge on any atom is -0.397 e. The number of nitrogen functional groups attached to an aromatic ring is 1. The van der Waals surface area contributed by atoms with Crippen LogP contribution in [-0.2, 0) is 6.54 Å². The number of nitrogens with two attached hydrogens (primary N) is 1. The van der Waals surface area contributed by atoms with Crippen LogP contribution in [0.2, 0.25) is 5.02 Å². The minimum absolute atomic E-state index is 0.522. The topological polar surface area (TPSA) is 69.6 Å². The van der Waals surface area contributed by atoms with Gasteiger partial charge >= 0.3 is 0 Å². The second-order valence-corrected chi connectivity index (χ2v) is 4.89. The highest BCUT2D eigenvalue weighted by Gasteiger charge is 2.13. The second kappa shape index (κ2) is 6.52. The van der Waals surface area contributed by atoms with Gasteiger partial charge in [0.2, 0.25) is 0 Å². The van der Waals surface area contributed by atoms with Crippen molar-refractivity contribution in [3.05, 3.63) is 23.2 Å². The molecule has 0 fully saturated rings. The number of benzene rings is 1. The fourth-order valence-corrected chi connectivity index (χ4v) is 2.14. The van der Waals surface area contributed by atoms with Gasteiger partial charge in [-0.25, -0.2) is 4.68 Å². The lowest BCUT2D eigenvalue weighted by molar-refractivity contribution is 0.531. The van der Waals surface area contributed by atoms with E-state index >= 15 is 0 Å². The number of hydrogen-bond acceptors (Lipinski definition) is 4. The van der Waals surface area contributed by atoms with Crippen molar-refractivity contribution in [2.24, 2.45) is 0 Å². The zero-order valence-electron chi connectivity index (χ0n) is 11.0. The number of aromatic nitrogens is 4. The van der Waals surface area contributed by atoms with E-state index in [1.54, 1.807) is 10.7 Å². The molecule has 102 valence electrons. The number of nitrogens with zero attached hydrogens (tertiary/aromatic N) is 4. The van der Waals surface area contributed by atoms with Gasteiger partial charge in [-0.15, -0.1) is 5.10 Å². The summed E-state index contributed by atoms with van der Waals surface area (Å²) in [5.74, 6) is 0.677. The molecular formula is C13H18ClN5. The van der Waals surface area contributed by atoms with Crippen LogP contribution in [0.1, 0.15) is 32.6 Å². The van der Waals surface area contributed by atoms with E-state index < -0.39 is 0 Å². The normalized spacial score (nSPS) is 10.8. The zero-order chi connectivity index (χ0) is 13.7. The highest BCUT2D eigenvalue weighted by Crippen LogP contribution is 2.29. The Morgan fingerprint density at radius 2 is 2.11 bits per heavy atom. The summed E-state index contributed by atoms with van der Waals surface area (Å²) in [7, 11) is 0. The van der Waals surface area contributed by atoms with Crippen LogP contribution in [0.4, 0.5) is 5.69 Å². The number of unbranched alkanes of at least 4 members (excludes halogenated alkanes) is 3. The van der Waals surface area contributed by atoms with Crippen LogP contribution >= 0.6 is 11.6 Å². The van der Waals surface area contributed by atoms with Crippen LogP contribution in [0.5, 0.6) is 0 Å². The molecule has 1 heterocycles. The summed E-state index contributed by atoms with van der Waals surface area (Å²) in [4.78, 5) is 0. The monoisotopic (exact) mass is 279 g/mol. The molecule has 0 aliphatic heterocycles. The standard InChI is InChI=1S/C13H18ClN5/c1-2-3-4-5-9-19-13(16-17-18-19)10-7-6-8-11(14)12(10)15/h6-8H,2-5,9,15H2,1H3. The summed E-state index contributed by atoms with van der Waals surface area (Å²) >= 11 is 6.03. The lowest BCUT2D eigenvalue weighted by Crippen LogP contribution is -2.04. The molecular weight excluding hydrogens is 262 g/mol. The number of hydrogen-bond donors (Lipinski definition) is 1. The molecule has 5 nitrogen and oxygen atoms in total. The van der Waals surface area contributed by atoms with E-state index in [1.807, 2.05) is 12.1 Å². The summed E-state index contributed by atoms with van der Waals surface area (Å²) in [6, 6.07) is 5.50. The Morgan fingerprint density at radius 1 is 1.26 bits per heavy atom. The molecule has 0 aliphatic carbocycles. The molecule has 2 N–H and O–H groups in total. The summed E-state index contributed by atoms with van der Waals surface area (Å²) in [6.45, 7) is 2.99. The third kappa shape index (κ3) is 3.23. The Bertz CT molecular complexity index is 538. The van der Waals surface area contributed by atoms with Crippen molar-refractivity contribution in [3.63, 3.8) is 0 Å². The van der Waals surface area contributed by atoms with Crippen molar-refractivity contribution in [1.82, 2.24) is 20.2 Å². The molecule has 0 atom stereocenters. The predicted octanol–water partition coefficient (Wildman–Crippen LogP) is 3.16. The van der Waals surface area contributed by atoms with Crippen molar-refractivity contribution in [2.45, 2.75) is 39.2 Å². The number of para-hydroxylation sites is 1. The Hall–Kier alpha value is -1.62. The molecule has 0 saturated heterocycles. The maximum absolute atomic E-state index is 6.03. The molecule has 0 saturated carbocycles. The number of halogens is 1. The minimum atomic E-state index is 0.522. The molecule has 0 amide bonds. The second-order valence-electron chi connectivity index (χ2n) is 4.49. The van der Waals surface area contributed by atoms with E-state index in [2.05, 4.69) is 22.4 Å². The third-order valence-corrected chi connectivity index (χ3v) is 3.38. The molecule has 1 aromatic heterocycles. The number of tetrazole rings is 1. The number of anilines is 1. The van der Waals surface area contributed by atoms with Crippen LogP contribution in [0.15, 0.2) is 18.2 Å². The van der Waals surface area contributed by atoms with Gasteiger partial charge in [0.1, 0.15) is 0 Å². The molecule has 2 rings (SSSR count). The highest BCUT2D eigenvalue weighted by molar-refractivity contribution is 6.33. The molecule has 0 bridgehead atoms. The predicted molar refractivity (Wildman–Crippen MR) is 76.8 cm³/mol. The molecule has 19 heavy (non-hydrogen) atoms. The van der Waals surface area contributed by atoms with Gasteiger partial charge in [0, 0.05) is 12.1 Å². The molecule has 0 unspecified atom stereocenters. The Labute approximate surface area is 117 Å². The molecule has 0 spiro atoms. The largest absolute Gasteiger partial charge is 0.397 e. The molecule has 1 aromatic carbocycles. The maximum atomic E-state index is 6.03. The van der Waals surface area contributed by atoms with Crippen molar-refractivity contribution in [3.8, 4) is 11.4 Å². The average molecular weight is 280 g/mol. The van der Waals surface area contributed by atoms with Crippen LogP contribution in [-0.4, -0.2) is 20.2 Å². The first-order chi connectivity index (χ1) is 9.24. The fraction of sp³-hybridized carbons (Fsp3) is 0.462. The van der Waals surface area contributed by atoms with E-state index in [0.29, 0.717) is 16.5 Å². The molecule has 2 aromatic rings. The lowest BCUT2D eigenvalue weighted by Gasteiger charge is -2.07. The van der Waals surface area contributed by atoms with E-state index in [4.69, 9.17) is 17.3 Å². The number of rotatable bonds is 6. The van der Waals surface area contributed by atoms with Gasteiger partial charge < -0.3 is 5.73 Å². The summed E-state index contributed by atoms with van der Waals surface area (Å²) in [5, 5.41) is 12.3. The molecule has 0 radical (unpaired) electrons. The van der Waals surface area contributed by atoms with E-state index in [1.165, 1.54) is 19.3 Å². The van der Waals surface area contributed by atoms with E-state index in [0.717, 1.165) is 18.5 Å². The Balaban J connectivity index is 2.17. The SMILES string of the molecule is CCCCCCn1nnnc1-c1cccc(Cl)c1N. The number of aryl methyl sites for hydroxylation is 1. The van der Waals surface area contributed by atoms with Crippen LogP contribution < -0.4 is 5.73 Å². The van der Waals surface area contributed by atoms with Gasteiger partial charge in [0.15, 0.2) is 5.82 Å². The smallest absolute Gasteiger partial charge is 0.184 e. The van der Waals surface area contributed by atoms with E-state index in [-0.39, 0.29) is 0 Å². The van der Waals surface area contributed by atoms with Gasteiger partial charge in [-0.05, 0) is 29.0 Å².